The molecule has 1 saturated heterocycles. The van der Waals surface area contributed by atoms with E-state index in [9.17, 15) is 9.18 Å². The zero-order chi connectivity index (χ0) is 15.4. The fraction of sp³-hybridized carbons (Fsp3) is 0.588. The van der Waals surface area contributed by atoms with Crippen molar-refractivity contribution in [1.82, 2.24) is 5.32 Å². The van der Waals surface area contributed by atoms with E-state index < -0.39 is 0 Å². The van der Waals surface area contributed by atoms with Crippen LogP contribution in [0.5, 0.6) is 0 Å². The lowest BCUT2D eigenvalue weighted by atomic mass is 9.97. The molecule has 1 N–H and O–H groups in total. The quantitative estimate of drug-likeness (QED) is 0.905. The van der Waals surface area contributed by atoms with E-state index >= 15 is 0 Å². The van der Waals surface area contributed by atoms with Crippen molar-refractivity contribution in [2.75, 3.05) is 6.54 Å². The summed E-state index contributed by atoms with van der Waals surface area (Å²) in [5, 5.41) is 2.99. The molecule has 1 amide bonds. The first-order valence-corrected chi connectivity index (χ1v) is 7.63. The van der Waals surface area contributed by atoms with Gasteiger partial charge in [0.15, 0.2) is 0 Å². The summed E-state index contributed by atoms with van der Waals surface area (Å²) in [6.07, 6.45) is 1.90. The molecular formula is C17H24FNO2. The van der Waals surface area contributed by atoms with Gasteiger partial charge in [0.25, 0.3) is 0 Å². The third kappa shape index (κ3) is 4.53. The summed E-state index contributed by atoms with van der Waals surface area (Å²) in [5.41, 5.74) is 0.984. The van der Waals surface area contributed by atoms with Gasteiger partial charge in [-0.15, -0.1) is 0 Å². The molecule has 21 heavy (non-hydrogen) atoms. The molecular weight excluding hydrogens is 269 g/mol. The third-order valence-electron chi connectivity index (χ3n) is 4.24. The van der Waals surface area contributed by atoms with Crippen LogP contribution >= 0.6 is 0 Å². The minimum atomic E-state index is -0.250. The van der Waals surface area contributed by atoms with Gasteiger partial charge in [0, 0.05) is 18.9 Å². The molecule has 2 rings (SSSR count). The number of hydrogen-bond donors (Lipinski definition) is 1. The van der Waals surface area contributed by atoms with Crippen LogP contribution in [0.3, 0.4) is 0 Å². The van der Waals surface area contributed by atoms with Crippen LogP contribution in [0.15, 0.2) is 24.3 Å². The number of carbonyl (C=O) groups is 1. The third-order valence-corrected chi connectivity index (χ3v) is 4.24. The molecule has 1 heterocycles. The summed E-state index contributed by atoms with van der Waals surface area (Å²) < 4.78 is 18.6. The fourth-order valence-corrected chi connectivity index (χ4v) is 2.90. The summed E-state index contributed by atoms with van der Waals surface area (Å²) in [7, 11) is 0. The Morgan fingerprint density at radius 1 is 1.38 bits per heavy atom. The number of ether oxygens (including phenoxy) is 1. The topological polar surface area (TPSA) is 38.3 Å². The molecule has 0 aliphatic carbocycles. The Bertz CT molecular complexity index is 474. The van der Waals surface area contributed by atoms with Crippen molar-refractivity contribution in [3.63, 3.8) is 0 Å². The Balaban J connectivity index is 1.77. The lowest BCUT2D eigenvalue weighted by molar-refractivity contribution is -0.121. The second kappa shape index (κ2) is 7.03. The molecule has 1 aliphatic heterocycles. The highest BCUT2D eigenvalue weighted by Crippen LogP contribution is 2.25. The predicted octanol–water partition coefficient (Wildman–Crippen LogP) is 3.25. The normalized spacial score (nSPS) is 26.6. The Morgan fingerprint density at radius 2 is 2.05 bits per heavy atom. The van der Waals surface area contributed by atoms with Crippen LogP contribution in [-0.2, 0) is 9.53 Å². The smallest absolute Gasteiger partial charge is 0.220 e. The van der Waals surface area contributed by atoms with Gasteiger partial charge in [-0.05, 0) is 43.9 Å². The summed E-state index contributed by atoms with van der Waals surface area (Å²) in [4.78, 5) is 12.0. The van der Waals surface area contributed by atoms with E-state index in [0.29, 0.717) is 18.9 Å². The van der Waals surface area contributed by atoms with Gasteiger partial charge in [0.2, 0.25) is 5.91 Å². The van der Waals surface area contributed by atoms with Crippen LogP contribution in [0.2, 0.25) is 0 Å². The van der Waals surface area contributed by atoms with Gasteiger partial charge in [-0.1, -0.05) is 19.1 Å². The molecule has 1 aromatic rings. The summed E-state index contributed by atoms with van der Waals surface area (Å²) in [6, 6.07) is 6.34. The van der Waals surface area contributed by atoms with Gasteiger partial charge in [-0.3, -0.25) is 4.79 Å². The summed E-state index contributed by atoms with van der Waals surface area (Å²) in [6.45, 7) is 6.77. The number of halogens is 1. The van der Waals surface area contributed by atoms with Crippen LogP contribution in [0.25, 0.3) is 0 Å². The minimum absolute atomic E-state index is 0.0404. The van der Waals surface area contributed by atoms with Gasteiger partial charge < -0.3 is 10.1 Å². The van der Waals surface area contributed by atoms with E-state index in [0.717, 1.165) is 12.0 Å². The van der Waals surface area contributed by atoms with E-state index in [1.165, 1.54) is 12.1 Å². The van der Waals surface area contributed by atoms with E-state index in [2.05, 4.69) is 19.2 Å². The van der Waals surface area contributed by atoms with Crippen LogP contribution in [-0.4, -0.2) is 24.7 Å². The van der Waals surface area contributed by atoms with E-state index in [-0.39, 0.29) is 29.9 Å². The van der Waals surface area contributed by atoms with Gasteiger partial charge in [0.05, 0.1) is 12.2 Å². The summed E-state index contributed by atoms with van der Waals surface area (Å²) >= 11 is 0. The Hall–Kier alpha value is -1.42. The van der Waals surface area contributed by atoms with Gasteiger partial charge >= 0.3 is 0 Å². The van der Waals surface area contributed by atoms with Crippen molar-refractivity contribution in [3.8, 4) is 0 Å². The van der Waals surface area contributed by atoms with E-state index in [1.54, 1.807) is 12.1 Å². The first-order chi connectivity index (χ1) is 9.95. The molecule has 0 radical (unpaired) electrons. The number of benzene rings is 1. The zero-order valence-corrected chi connectivity index (χ0v) is 12.9. The minimum Gasteiger partial charge on any atom is -0.375 e. The lowest BCUT2D eigenvalue weighted by Crippen LogP contribution is -2.32. The molecule has 3 nitrogen and oxygen atoms in total. The van der Waals surface area contributed by atoms with Crippen molar-refractivity contribution >= 4 is 5.91 Å². The predicted molar refractivity (Wildman–Crippen MR) is 80.6 cm³/mol. The molecule has 0 unspecified atom stereocenters. The zero-order valence-electron chi connectivity index (χ0n) is 12.9. The molecule has 1 aliphatic rings. The number of rotatable bonds is 5. The molecule has 0 bridgehead atoms. The first kappa shape index (κ1) is 16.0. The molecule has 0 spiro atoms. The molecule has 1 aromatic carbocycles. The fourth-order valence-electron chi connectivity index (χ4n) is 2.90. The SMILES string of the molecule is C[C@@H]1C[C@H](CNC(=O)C[C@H](C)c2ccc(F)cc2)[C@@H](C)O1. The molecule has 4 atom stereocenters. The van der Waals surface area contributed by atoms with E-state index in [4.69, 9.17) is 4.74 Å². The highest BCUT2D eigenvalue weighted by Gasteiger charge is 2.29. The maximum Gasteiger partial charge on any atom is 0.220 e. The van der Waals surface area contributed by atoms with Gasteiger partial charge in [-0.25, -0.2) is 4.39 Å². The maximum atomic E-state index is 12.9. The van der Waals surface area contributed by atoms with Crippen LogP contribution in [0, 0.1) is 11.7 Å². The van der Waals surface area contributed by atoms with Crippen LogP contribution in [0.4, 0.5) is 4.39 Å². The average molecular weight is 293 g/mol. The second-order valence-electron chi connectivity index (χ2n) is 6.11. The van der Waals surface area contributed by atoms with Crippen molar-refractivity contribution in [2.45, 2.75) is 51.7 Å². The number of amides is 1. The Kier molecular flexibility index (Phi) is 5.34. The molecule has 0 aromatic heterocycles. The highest BCUT2D eigenvalue weighted by atomic mass is 19.1. The summed E-state index contributed by atoms with van der Waals surface area (Å²) in [5.74, 6) is 0.269. The molecule has 0 saturated carbocycles. The number of carbonyl (C=O) groups excluding carboxylic acids is 1. The first-order valence-electron chi connectivity index (χ1n) is 7.63. The maximum absolute atomic E-state index is 12.9. The number of nitrogens with one attached hydrogen (secondary N) is 1. The molecule has 1 fully saturated rings. The van der Waals surface area contributed by atoms with Gasteiger partial charge in [0.1, 0.15) is 5.82 Å². The Morgan fingerprint density at radius 3 is 2.62 bits per heavy atom. The highest BCUT2D eigenvalue weighted by molar-refractivity contribution is 5.76. The van der Waals surface area contributed by atoms with E-state index in [1.807, 2.05) is 6.92 Å². The standard InChI is InChI=1S/C17H24FNO2/c1-11(14-4-6-16(18)7-5-14)8-17(20)19-10-15-9-12(2)21-13(15)3/h4-7,11-13,15H,8-10H2,1-3H3,(H,19,20)/t11-,12+,13+,15+/m0/s1. The van der Waals surface area contributed by atoms with Crippen LogP contribution < -0.4 is 5.32 Å². The van der Waals surface area contributed by atoms with Gasteiger partial charge in [-0.2, -0.15) is 0 Å². The second-order valence-corrected chi connectivity index (χ2v) is 6.11. The molecule has 4 heteroatoms. The monoisotopic (exact) mass is 293 g/mol. The van der Waals surface area contributed by atoms with Crippen molar-refractivity contribution in [1.29, 1.82) is 0 Å². The Labute approximate surface area is 125 Å². The average Bonchev–Trinajstić information content (AvgIpc) is 2.75. The number of hydrogen-bond acceptors (Lipinski definition) is 2. The largest absolute Gasteiger partial charge is 0.375 e. The molecule has 116 valence electrons. The lowest BCUT2D eigenvalue weighted by Gasteiger charge is -2.16. The van der Waals surface area contributed by atoms with Crippen molar-refractivity contribution in [2.24, 2.45) is 5.92 Å². The van der Waals surface area contributed by atoms with Crippen molar-refractivity contribution in [3.05, 3.63) is 35.6 Å². The van der Waals surface area contributed by atoms with Crippen LogP contribution in [0.1, 0.15) is 45.1 Å². The van der Waals surface area contributed by atoms with Crippen molar-refractivity contribution < 1.29 is 13.9 Å².